The zero-order valence-electron chi connectivity index (χ0n) is 31.0. The van der Waals surface area contributed by atoms with Crippen LogP contribution in [0.1, 0.15) is 34.6 Å². The molecule has 8 aromatic rings. The fraction of sp³-hybridized carbons (Fsp3) is 0.0545. The summed E-state index contributed by atoms with van der Waals surface area (Å²) in [6.07, 6.45) is 8.07. The van der Waals surface area contributed by atoms with Gasteiger partial charge in [-0.3, -0.25) is 0 Å². The van der Waals surface area contributed by atoms with Gasteiger partial charge in [-0.05, 0) is 115 Å². The SMILES string of the molecule is C1=CCC2C(=C1)C1(c3ccccc3-c3cc(N(c4ccc(-c5ccccc5)cc4)c4ccc(-c5ccccc5)cc4)ccc31)c1ccc(-c3ccccc3)cc12. The Balaban J connectivity index is 1.08. The molecule has 0 heterocycles. The topological polar surface area (TPSA) is 3.24 Å². The van der Waals surface area contributed by atoms with Gasteiger partial charge in [0, 0.05) is 23.0 Å². The summed E-state index contributed by atoms with van der Waals surface area (Å²) in [6, 6.07) is 73.8. The highest BCUT2D eigenvalue weighted by molar-refractivity contribution is 5.92. The quantitative estimate of drug-likeness (QED) is 0.166. The molecular formula is C55H39N. The summed E-state index contributed by atoms with van der Waals surface area (Å²) in [6.45, 7) is 0. The van der Waals surface area contributed by atoms with Crippen molar-refractivity contribution in [1.29, 1.82) is 0 Å². The van der Waals surface area contributed by atoms with E-state index in [9.17, 15) is 0 Å². The molecule has 0 fully saturated rings. The summed E-state index contributed by atoms with van der Waals surface area (Å²) in [5.41, 5.74) is 20.2. The van der Waals surface area contributed by atoms with E-state index in [0.29, 0.717) is 5.92 Å². The van der Waals surface area contributed by atoms with E-state index in [1.54, 1.807) is 0 Å². The predicted molar refractivity (Wildman–Crippen MR) is 234 cm³/mol. The van der Waals surface area contributed by atoms with E-state index in [2.05, 4.69) is 223 Å². The molecule has 1 spiro atoms. The Morgan fingerprint density at radius 3 is 1.50 bits per heavy atom. The minimum Gasteiger partial charge on any atom is -0.310 e. The molecule has 0 saturated carbocycles. The van der Waals surface area contributed by atoms with E-state index in [-0.39, 0.29) is 5.41 Å². The summed E-state index contributed by atoms with van der Waals surface area (Å²) < 4.78 is 0. The van der Waals surface area contributed by atoms with Crippen molar-refractivity contribution in [2.45, 2.75) is 17.8 Å². The maximum absolute atomic E-state index is 2.48. The second-order valence-corrected chi connectivity index (χ2v) is 15.2. The van der Waals surface area contributed by atoms with Gasteiger partial charge in [-0.2, -0.15) is 0 Å². The van der Waals surface area contributed by atoms with Gasteiger partial charge in [0.2, 0.25) is 0 Å². The molecule has 11 rings (SSSR count). The predicted octanol–water partition coefficient (Wildman–Crippen LogP) is 14.5. The molecule has 56 heavy (non-hydrogen) atoms. The molecule has 0 aliphatic heterocycles. The van der Waals surface area contributed by atoms with Gasteiger partial charge in [-0.1, -0.05) is 182 Å². The molecule has 3 aliphatic rings. The van der Waals surface area contributed by atoms with Gasteiger partial charge in [0.1, 0.15) is 0 Å². The van der Waals surface area contributed by atoms with Gasteiger partial charge in [0.05, 0.1) is 5.41 Å². The third-order valence-electron chi connectivity index (χ3n) is 12.3. The lowest BCUT2D eigenvalue weighted by Gasteiger charge is -2.33. The van der Waals surface area contributed by atoms with Crippen LogP contribution in [0.4, 0.5) is 17.1 Å². The molecule has 0 N–H and O–H groups in total. The summed E-state index contributed by atoms with van der Waals surface area (Å²) in [7, 11) is 0. The molecule has 3 aliphatic carbocycles. The van der Waals surface area contributed by atoms with E-state index >= 15 is 0 Å². The fourth-order valence-corrected chi connectivity index (χ4v) is 9.80. The van der Waals surface area contributed by atoms with Crippen LogP contribution in [0.15, 0.2) is 224 Å². The molecule has 2 unspecified atom stereocenters. The highest BCUT2D eigenvalue weighted by Crippen LogP contribution is 2.65. The molecule has 0 saturated heterocycles. The number of benzene rings is 8. The van der Waals surface area contributed by atoms with E-state index in [4.69, 9.17) is 0 Å². The van der Waals surface area contributed by atoms with Crippen LogP contribution < -0.4 is 4.90 Å². The van der Waals surface area contributed by atoms with Crippen molar-refractivity contribution < 1.29 is 0 Å². The van der Waals surface area contributed by atoms with Gasteiger partial charge in [-0.25, -0.2) is 0 Å². The van der Waals surface area contributed by atoms with Crippen LogP contribution in [0.3, 0.4) is 0 Å². The Bertz CT molecular complexity index is 2710. The van der Waals surface area contributed by atoms with E-state index in [1.807, 2.05) is 0 Å². The van der Waals surface area contributed by atoms with Gasteiger partial charge >= 0.3 is 0 Å². The first-order chi connectivity index (χ1) is 27.8. The highest BCUT2D eigenvalue weighted by atomic mass is 15.1. The molecule has 0 aromatic heterocycles. The zero-order chi connectivity index (χ0) is 37.1. The van der Waals surface area contributed by atoms with Gasteiger partial charge in [0.25, 0.3) is 0 Å². The number of rotatable bonds is 6. The van der Waals surface area contributed by atoms with E-state index in [0.717, 1.165) is 23.5 Å². The number of fused-ring (bicyclic) bond motifs is 10. The third-order valence-corrected chi connectivity index (χ3v) is 12.3. The third kappa shape index (κ3) is 5.01. The Hall–Kier alpha value is -6.96. The lowest BCUT2D eigenvalue weighted by molar-refractivity contribution is 0.708. The first-order valence-corrected chi connectivity index (χ1v) is 19.7. The van der Waals surface area contributed by atoms with Crippen molar-refractivity contribution in [3.8, 4) is 44.5 Å². The lowest BCUT2D eigenvalue weighted by Crippen LogP contribution is -2.27. The molecular weight excluding hydrogens is 675 g/mol. The number of hydrogen-bond acceptors (Lipinski definition) is 1. The normalized spacial score (nSPS) is 17.1. The Morgan fingerprint density at radius 1 is 0.393 bits per heavy atom. The number of hydrogen-bond donors (Lipinski definition) is 0. The summed E-state index contributed by atoms with van der Waals surface area (Å²) >= 11 is 0. The van der Waals surface area contributed by atoms with E-state index < -0.39 is 0 Å². The molecule has 1 heteroatoms. The molecule has 2 atom stereocenters. The Kier molecular flexibility index (Phi) is 7.60. The minimum absolute atomic E-state index is 0.333. The van der Waals surface area contributed by atoms with Crippen LogP contribution in [0.5, 0.6) is 0 Å². The standard InChI is InChI=1S/C55H39N/c1-4-14-38(15-5-1)41-24-29-44(30-25-41)56(45-31-26-42(27-32-45)39-16-6-2-7-17-39)46-33-35-54-50(37-46)48-21-11-13-23-52(48)55(54)51-22-12-10-20-47(51)49-36-43(28-34-53(49)55)40-18-8-3-9-19-40/h1-19,21-37,47H,20H2. The monoisotopic (exact) mass is 713 g/mol. The summed E-state index contributed by atoms with van der Waals surface area (Å²) in [5.74, 6) is 0.333. The van der Waals surface area contributed by atoms with Crippen molar-refractivity contribution in [2.75, 3.05) is 4.90 Å². The zero-order valence-corrected chi connectivity index (χ0v) is 31.0. The molecule has 8 aromatic carbocycles. The fourth-order valence-electron chi connectivity index (χ4n) is 9.80. The molecule has 0 amide bonds. The highest BCUT2D eigenvalue weighted by Gasteiger charge is 2.55. The van der Waals surface area contributed by atoms with Crippen LogP contribution in [-0.2, 0) is 5.41 Å². The first kappa shape index (κ1) is 32.5. The van der Waals surface area contributed by atoms with Crippen molar-refractivity contribution in [2.24, 2.45) is 0 Å². The van der Waals surface area contributed by atoms with Gasteiger partial charge in [-0.15, -0.1) is 0 Å². The average Bonchev–Trinajstić information content (AvgIpc) is 3.74. The number of anilines is 3. The van der Waals surface area contributed by atoms with Crippen molar-refractivity contribution in [1.82, 2.24) is 0 Å². The summed E-state index contributed by atoms with van der Waals surface area (Å²) in [5, 5.41) is 0. The number of allylic oxidation sites excluding steroid dienone is 4. The average molecular weight is 714 g/mol. The van der Waals surface area contributed by atoms with Crippen molar-refractivity contribution in [3.05, 3.63) is 246 Å². The molecule has 1 nitrogen and oxygen atoms in total. The summed E-state index contributed by atoms with van der Waals surface area (Å²) in [4.78, 5) is 2.41. The van der Waals surface area contributed by atoms with Crippen LogP contribution in [0.2, 0.25) is 0 Å². The number of nitrogens with zero attached hydrogens (tertiary/aromatic N) is 1. The molecule has 0 radical (unpaired) electrons. The van der Waals surface area contributed by atoms with E-state index in [1.165, 1.54) is 72.3 Å². The van der Waals surface area contributed by atoms with Crippen LogP contribution in [-0.4, -0.2) is 0 Å². The Labute approximate surface area is 329 Å². The second-order valence-electron chi connectivity index (χ2n) is 15.2. The lowest BCUT2D eigenvalue weighted by atomic mass is 9.69. The van der Waals surface area contributed by atoms with Crippen LogP contribution in [0.25, 0.3) is 44.5 Å². The largest absolute Gasteiger partial charge is 0.310 e. The Morgan fingerprint density at radius 2 is 0.875 bits per heavy atom. The second kappa shape index (κ2) is 13.1. The maximum Gasteiger partial charge on any atom is 0.0685 e. The van der Waals surface area contributed by atoms with Crippen molar-refractivity contribution >= 4 is 17.1 Å². The molecule has 264 valence electrons. The van der Waals surface area contributed by atoms with Crippen LogP contribution >= 0.6 is 0 Å². The van der Waals surface area contributed by atoms with Gasteiger partial charge < -0.3 is 4.90 Å². The smallest absolute Gasteiger partial charge is 0.0685 e. The van der Waals surface area contributed by atoms with Crippen molar-refractivity contribution in [3.63, 3.8) is 0 Å². The maximum atomic E-state index is 2.48. The van der Waals surface area contributed by atoms with Gasteiger partial charge in [0.15, 0.2) is 0 Å². The minimum atomic E-state index is -0.343. The molecule has 0 bridgehead atoms. The first-order valence-electron chi connectivity index (χ1n) is 19.7. The van der Waals surface area contributed by atoms with Crippen LogP contribution in [0, 0.1) is 0 Å².